The molecule has 3 rings (SSSR count). The van der Waals surface area contributed by atoms with Crippen LogP contribution < -0.4 is 4.74 Å². The summed E-state index contributed by atoms with van der Waals surface area (Å²) < 4.78 is 5.36. The third kappa shape index (κ3) is 4.52. The lowest BCUT2D eigenvalue weighted by atomic mass is 9.85. The van der Waals surface area contributed by atoms with Gasteiger partial charge in [0.05, 0.1) is 23.3 Å². The molecule has 0 bridgehead atoms. The quantitative estimate of drug-likeness (QED) is 0.400. The molecular formula is C23H30ClNO3S. The maximum atomic E-state index is 13.1. The van der Waals surface area contributed by atoms with Gasteiger partial charge in [0, 0.05) is 28.2 Å². The molecular weight excluding hydrogens is 406 g/mol. The number of carbonyl (C=O) groups excluding carboxylic acids is 1. The van der Waals surface area contributed by atoms with Crippen LogP contribution in [0.1, 0.15) is 63.2 Å². The second-order valence-electron chi connectivity index (χ2n) is 7.85. The molecule has 158 valence electrons. The van der Waals surface area contributed by atoms with E-state index in [9.17, 15) is 9.90 Å². The number of ether oxygens (including phenoxy) is 1. The Morgan fingerprint density at radius 2 is 2.07 bits per heavy atom. The van der Waals surface area contributed by atoms with Crippen LogP contribution in [0.15, 0.2) is 39.9 Å². The Hall–Kier alpha value is -1.43. The number of methoxy groups -OCH3 is 1. The lowest BCUT2D eigenvalue weighted by Gasteiger charge is -2.32. The van der Waals surface area contributed by atoms with Crippen LogP contribution in [-0.4, -0.2) is 35.0 Å². The van der Waals surface area contributed by atoms with Crippen LogP contribution in [0.2, 0.25) is 5.02 Å². The fourth-order valence-electron chi connectivity index (χ4n) is 3.85. The Morgan fingerprint density at radius 3 is 2.62 bits per heavy atom. The van der Waals surface area contributed by atoms with Gasteiger partial charge in [-0.1, -0.05) is 43.6 Å². The third-order valence-electron chi connectivity index (χ3n) is 6.15. The van der Waals surface area contributed by atoms with Crippen LogP contribution in [0.3, 0.4) is 0 Å². The number of thioether (sulfide) groups is 1. The summed E-state index contributed by atoms with van der Waals surface area (Å²) in [6, 6.07) is 5.07. The summed E-state index contributed by atoms with van der Waals surface area (Å²) in [5.74, 6) is 1.00. The summed E-state index contributed by atoms with van der Waals surface area (Å²) in [6.07, 6.45) is 6.66. The average molecular weight is 436 g/mol. The van der Waals surface area contributed by atoms with Gasteiger partial charge in [-0.3, -0.25) is 4.79 Å². The Labute approximate surface area is 183 Å². The van der Waals surface area contributed by atoms with E-state index in [1.165, 1.54) is 31.0 Å². The number of carbonyl (C=O) groups is 1. The molecule has 1 heterocycles. The Bertz CT molecular complexity index is 841. The van der Waals surface area contributed by atoms with E-state index in [1.807, 2.05) is 13.8 Å². The van der Waals surface area contributed by atoms with Gasteiger partial charge in [-0.15, -0.1) is 0 Å². The largest absolute Gasteiger partial charge is 0.496 e. The molecule has 1 aliphatic heterocycles. The standard InChI is InChI=1S/C23H30ClNO3S/c1-5-23(27,6-2)22-15(3)25(14-16-8-7-9-16)21(29-22)13-19(26)18-12-17(24)10-11-20(18)28-4/h10-13,16,27H,5-9,14H2,1-4H3/b21-13-. The highest BCUT2D eigenvalue weighted by molar-refractivity contribution is 8.07. The molecule has 1 N–H and O–H groups in total. The first-order valence-corrected chi connectivity index (χ1v) is 11.5. The van der Waals surface area contributed by atoms with Crippen LogP contribution in [0.25, 0.3) is 0 Å². The summed E-state index contributed by atoms with van der Waals surface area (Å²) in [6.45, 7) is 6.95. The highest BCUT2D eigenvalue weighted by Gasteiger charge is 2.39. The van der Waals surface area contributed by atoms with E-state index in [4.69, 9.17) is 16.3 Å². The molecule has 0 aromatic heterocycles. The molecule has 6 heteroatoms. The number of ketones is 1. The molecule has 0 radical (unpaired) electrons. The van der Waals surface area contributed by atoms with E-state index in [1.54, 1.807) is 31.4 Å². The van der Waals surface area contributed by atoms with Crippen molar-refractivity contribution in [2.45, 2.75) is 58.5 Å². The minimum atomic E-state index is -0.862. The van der Waals surface area contributed by atoms with Crippen molar-refractivity contribution in [2.24, 2.45) is 5.92 Å². The first-order chi connectivity index (χ1) is 13.8. The minimum Gasteiger partial charge on any atom is -0.496 e. The summed E-state index contributed by atoms with van der Waals surface area (Å²) in [5.41, 5.74) is 0.646. The monoisotopic (exact) mass is 435 g/mol. The molecule has 1 aromatic carbocycles. The molecule has 1 aliphatic carbocycles. The first kappa shape index (κ1) is 22.3. The molecule has 1 fully saturated rings. The zero-order valence-electron chi connectivity index (χ0n) is 17.6. The molecule has 1 saturated carbocycles. The molecule has 4 nitrogen and oxygen atoms in total. The van der Waals surface area contributed by atoms with Crippen LogP contribution in [-0.2, 0) is 0 Å². The van der Waals surface area contributed by atoms with Crippen molar-refractivity contribution in [1.29, 1.82) is 0 Å². The maximum Gasteiger partial charge on any atom is 0.192 e. The molecule has 29 heavy (non-hydrogen) atoms. The normalized spacial score (nSPS) is 19.1. The Morgan fingerprint density at radius 1 is 1.38 bits per heavy atom. The molecule has 0 spiro atoms. The number of halogens is 1. The average Bonchev–Trinajstić information content (AvgIpc) is 2.99. The number of rotatable bonds is 8. The first-order valence-electron chi connectivity index (χ1n) is 10.3. The van der Waals surface area contributed by atoms with Gasteiger partial charge >= 0.3 is 0 Å². The Balaban J connectivity index is 1.96. The van der Waals surface area contributed by atoms with Gasteiger partial charge in [-0.2, -0.15) is 0 Å². The number of benzene rings is 1. The van der Waals surface area contributed by atoms with E-state index in [2.05, 4.69) is 11.8 Å². The van der Waals surface area contributed by atoms with E-state index in [-0.39, 0.29) is 5.78 Å². The van der Waals surface area contributed by atoms with Crippen LogP contribution in [0.4, 0.5) is 0 Å². The van der Waals surface area contributed by atoms with Crippen molar-refractivity contribution in [2.75, 3.05) is 13.7 Å². The molecule has 0 atom stereocenters. The number of aliphatic hydroxyl groups is 1. The zero-order chi connectivity index (χ0) is 21.2. The lowest BCUT2D eigenvalue weighted by molar-refractivity contribution is 0.0768. The summed E-state index contributed by atoms with van der Waals surface area (Å²) in [5, 5.41) is 12.5. The lowest BCUT2D eigenvalue weighted by Crippen LogP contribution is -2.31. The summed E-state index contributed by atoms with van der Waals surface area (Å²) in [7, 11) is 1.55. The maximum absolute atomic E-state index is 13.1. The second-order valence-corrected chi connectivity index (χ2v) is 9.32. The van der Waals surface area contributed by atoms with Gasteiger partial charge in [-0.05, 0) is 56.7 Å². The van der Waals surface area contributed by atoms with Crippen LogP contribution >= 0.6 is 23.4 Å². The predicted octanol–water partition coefficient (Wildman–Crippen LogP) is 6.00. The predicted molar refractivity (Wildman–Crippen MR) is 120 cm³/mol. The van der Waals surface area contributed by atoms with Gasteiger partial charge < -0.3 is 14.7 Å². The molecule has 2 aliphatic rings. The molecule has 0 amide bonds. The van der Waals surface area contributed by atoms with Crippen molar-refractivity contribution in [1.82, 2.24) is 4.90 Å². The van der Waals surface area contributed by atoms with Crippen molar-refractivity contribution in [3.8, 4) is 5.75 Å². The van der Waals surface area contributed by atoms with Gasteiger partial charge in [0.2, 0.25) is 0 Å². The number of hydrogen-bond donors (Lipinski definition) is 1. The fourth-order valence-corrected chi connectivity index (χ4v) is 5.46. The number of hydrogen-bond acceptors (Lipinski definition) is 5. The fraction of sp³-hybridized carbons (Fsp3) is 0.522. The number of nitrogens with zero attached hydrogens (tertiary/aromatic N) is 1. The molecule has 0 saturated heterocycles. The minimum absolute atomic E-state index is 0.143. The third-order valence-corrected chi connectivity index (χ3v) is 7.81. The van der Waals surface area contributed by atoms with E-state index in [0.717, 1.165) is 22.2 Å². The topological polar surface area (TPSA) is 49.8 Å². The van der Waals surface area contributed by atoms with Crippen molar-refractivity contribution in [3.05, 3.63) is 50.5 Å². The smallest absolute Gasteiger partial charge is 0.192 e. The van der Waals surface area contributed by atoms with Crippen LogP contribution in [0, 0.1) is 5.92 Å². The van der Waals surface area contributed by atoms with Crippen molar-refractivity contribution >= 4 is 29.1 Å². The van der Waals surface area contributed by atoms with Gasteiger partial charge in [-0.25, -0.2) is 0 Å². The van der Waals surface area contributed by atoms with Gasteiger partial charge in [0.15, 0.2) is 5.78 Å². The van der Waals surface area contributed by atoms with Gasteiger partial charge in [0.1, 0.15) is 5.75 Å². The van der Waals surface area contributed by atoms with E-state index >= 15 is 0 Å². The molecule has 0 unspecified atom stereocenters. The highest BCUT2D eigenvalue weighted by Crippen LogP contribution is 2.49. The van der Waals surface area contributed by atoms with E-state index in [0.29, 0.717) is 35.1 Å². The summed E-state index contributed by atoms with van der Waals surface area (Å²) in [4.78, 5) is 16.3. The SMILES string of the molecule is CCC(O)(CC)C1=C(C)N(CC2CCC2)/C(=C/C(=O)c2cc(Cl)ccc2OC)S1. The van der Waals surface area contributed by atoms with Crippen LogP contribution in [0.5, 0.6) is 5.75 Å². The van der Waals surface area contributed by atoms with Gasteiger partial charge in [0.25, 0.3) is 0 Å². The second kappa shape index (κ2) is 9.15. The van der Waals surface area contributed by atoms with Crippen molar-refractivity contribution < 1.29 is 14.6 Å². The molecule has 1 aromatic rings. The zero-order valence-corrected chi connectivity index (χ0v) is 19.2. The highest BCUT2D eigenvalue weighted by atomic mass is 35.5. The summed E-state index contributed by atoms with van der Waals surface area (Å²) >= 11 is 7.64. The number of allylic oxidation sites excluding steroid dienone is 2. The van der Waals surface area contributed by atoms with E-state index < -0.39 is 5.60 Å². The van der Waals surface area contributed by atoms with Crippen molar-refractivity contribution in [3.63, 3.8) is 0 Å². The Kier molecular flexibility index (Phi) is 7.02.